The van der Waals surface area contributed by atoms with E-state index in [0.29, 0.717) is 18.8 Å². The highest BCUT2D eigenvalue weighted by Gasteiger charge is 2.50. The average Bonchev–Trinajstić information content (AvgIpc) is 3.14. The number of carboxylic acid groups (broad SMARTS) is 1. The Hall–Kier alpha value is -2.18. The van der Waals surface area contributed by atoms with Crippen molar-refractivity contribution in [1.29, 1.82) is 0 Å². The van der Waals surface area contributed by atoms with Crippen molar-refractivity contribution in [3.8, 4) is 0 Å². The molecule has 1 unspecified atom stereocenters. The Bertz CT molecular complexity index is 544. The van der Waals surface area contributed by atoms with E-state index in [1.807, 2.05) is 4.90 Å². The fraction of sp³-hybridized carbons (Fsp3) is 0.571. The maximum absolute atomic E-state index is 12.3. The van der Waals surface area contributed by atoms with E-state index in [2.05, 4.69) is 15.3 Å². The summed E-state index contributed by atoms with van der Waals surface area (Å²) in [6.45, 7) is 0.952. The first-order valence-electron chi connectivity index (χ1n) is 7.17. The second-order valence-electron chi connectivity index (χ2n) is 5.70. The highest BCUT2D eigenvalue weighted by atomic mass is 16.4. The lowest BCUT2D eigenvalue weighted by atomic mass is 10.1. The quantitative estimate of drug-likeness (QED) is 0.816. The lowest BCUT2D eigenvalue weighted by Crippen LogP contribution is -2.46. The molecule has 7 heteroatoms. The molecule has 3 rings (SSSR count). The molecule has 2 aliphatic rings. The van der Waals surface area contributed by atoms with Crippen LogP contribution in [0.3, 0.4) is 0 Å². The monoisotopic (exact) mass is 290 g/mol. The number of amides is 1. The molecule has 0 bridgehead atoms. The number of hydrogen-bond donors (Lipinski definition) is 2. The van der Waals surface area contributed by atoms with Crippen LogP contribution in [0.4, 0.5) is 5.95 Å². The molecule has 1 atom stereocenters. The van der Waals surface area contributed by atoms with Crippen molar-refractivity contribution < 1.29 is 14.7 Å². The van der Waals surface area contributed by atoms with Gasteiger partial charge >= 0.3 is 5.97 Å². The van der Waals surface area contributed by atoms with Crippen molar-refractivity contribution in [2.24, 2.45) is 5.41 Å². The summed E-state index contributed by atoms with van der Waals surface area (Å²) in [6.07, 6.45) is 6.22. The first kappa shape index (κ1) is 13.8. The third-order valence-corrected chi connectivity index (χ3v) is 4.27. The largest absolute Gasteiger partial charge is 0.481 e. The Morgan fingerprint density at radius 1 is 1.38 bits per heavy atom. The highest BCUT2D eigenvalue weighted by molar-refractivity contribution is 5.86. The number of carboxylic acids is 1. The number of anilines is 1. The van der Waals surface area contributed by atoms with Gasteiger partial charge in [-0.3, -0.25) is 9.59 Å². The first-order valence-corrected chi connectivity index (χ1v) is 7.17. The number of hydrogen-bond acceptors (Lipinski definition) is 5. The number of aromatic nitrogens is 2. The van der Waals surface area contributed by atoms with Crippen LogP contribution in [0.15, 0.2) is 18.5 Å². The zero-order valence-corrected chi connectivity index (χ0v) is 11.7. The Morgan fingerprint density at radius 3 is 2.71 bits per heavy atom. The van der Waals surface area contributed by atoms with Crippen LogP contribution in [-0.4, -0.2) is 46.1 Å². The molecule has 1 aliphatic carbocycles. The molecule has 2 N–H and O–H groups in total. The minimum absolute atomic E-state index is 0.132. The Labute approximate surface area is 122 Å². The number of aliphatic carboxylic acids is 1. The van der Waals surface area contributed by atoms with Crippen LogP contribution in [0.1, 0.15) is 25.7 Å². The first-order chi connectivity index (χ1) is 10.1. The summed E-state index contributed by atoms with van der Waals surface area (Å²) in [5, 5.41) is 11.9. The molecule has 1 aliphatic heterocycles. The van der Waals surface area contributed by atoms with Crippen LogP contribution in [0, 0.1) is 5.41 Å². The third kappa shape index (κ3) is 2.68. The summed E-state index contributed by atoms with van der Waals surface area (Å²) < 4.78 is 0. The van der Waals surface area contributed by atoms with E-state index in [0.717, 1.165) is 19.4 Å². The lowest BCUT2D eigenvalue weighted by Gasteiger charge is -2.24. The van der Waals surface area contributed by atoms with Gasteiger partial charge in [0.15, 0.2) is 0 Å². The number of carbonyl (C=O) groups is 2. The van der Waals surface area contributed by atoms with Gasteiger partial charge in [0.25, 0.3) is 0 Å². The van der Waals surface area contributed by atoms with Crippen LogP contribution in [0.25, 0.3) is 0 Å². The predicted molar refractivity (Wildman–Crippen MR) is 74.7 cm³/mol. The highest BCUT2D eigenvalue weighted by Crippen LogP contribution is 2.45. The molecular weight excluding hydrogens is 272 g/mol. The smallest absolute Gasteiger partial charge is 0.311 e. The van der Waals surface area contributed by atoms with Crippen LogP contribution >= 0.6 is 0 Å². The molecule has 0 aromatic carbocycles. The Kier molecular flexibility index (Phi) is 3.48. The maximum Gasteiger partial charge on any atom is 0.311 e. The third-order valence-electron chi connectivity index (χ3n) is 4.27. The van der Waals surface area contributed by atoms with Gasteiger partial charge < -0.3 is 15.3 Å². The molecule has 1 saturated carbocycles. The van der Waals surface area contributed by atoms with Gasteiger partial charge in [-0.25, -0.2) is 9.97 Å². The molecular formula is C14H18N4O3. The molecule has 1 amide bonds. The van der Waals surface area contributed by atoms with Gasteiger partial charge in [0.2, 0.25) is 11.9 Å². The van der Waals surface area contributed by atoms with Crippen molar-refractivity contribution in [3.63, 3.8) is 0 Å². The molecule has 7 nitrogen and oxygen atoms in total. The van der Waals surface area contributed by atoms with Crippen molar-refractivity contribution >= 4 is 17.8 Å². The number of nitrogens with zero attached hydrogens (tertiary/aromatic N) is 3. The average molecular weight is 290 g/mol. The minimum atomic E-state index is -0.822. The van der Waals surface area contributed by atoms with Crippen LogP contribution < -0.4 is 10.2 Å². The van der Waals surface area contributed by atoms with E-state index >= 15 is 0 Å². The van der Waals surface area contributed by atoms with Gasteiger partial charge in [-0.05, 0) is 31.7 Å². The SMILES string of the molecule is O=C(NCC1(C(=O)O)CC1)C1CCCN1c1ncccn1. The normalized spacial score (nSPS) is 22.9. The summed E-state index contributed by atoms with van der Waals surface area (Å²) in [6, 6.07) is 1.43. The maximum atomic E-state index is 12.3. The zero-order chi connectivity index (χ0) is 14.9. The molecule has 21 heavy (non-hydrogen) atoms. The van der Waals surface area contributed by atoms with E-state index in [-0.39, 0.29) is 18.5 Å². The lowest BCUT2D eigenvalue weighted by molar-refractivity contribution is -0.143. The predicted octanol–water partition coefficient (Wildman–Crippen LogP) is 0.426. The summed E-state index contributed by atoms with van der Waals surface area (Å²) >= 11 is 0. The molecule has 112 valence electrons. The van der Waals surface area contributed by atoms with Gasteiger partial charge in [0.1, 0.15) is 6.04 Å². The molecule has 0 spiro atoms. The number of rotatable bonds is 5. The zero-order valence-electron chi connectivity index (χ0n) is 11.7. The molecule has 1 aromatic rings. The van der Waals surface area contributed by atoms with Crippen molar-refractivity contribution in [3.05, 3.63) is 18.5 Å². The van der Waals surface area contributed by atoms with E-state index in [9.17, 15) is 9.59 Å². The Morgan fingerprint density at radius 2 is 2.10 bits per heavy atom. The van der Waals surface area contributed by atoms with Gasteiger partial charge in [-0.15, -0.1) is 0 Å². The van der Waals surface area contributed by atoms with E-state index in [4.69, 9.17) is 5.11 Å². The fourth-order valence-corrected chi connectivity index (χ4v) is 2.71. The van der Waals surface area contributed by atoms with Gasteiger partial charge in [0.05, 0.1) is 5.41 Å². The number of carbonyl (C=O) groups excluding carboxylic acids is 1. The van der Waals surface area contributed by atoms with Gasteiger partial charge in [-0.1, -0.05) is 0 Å². The summed E-state index contributed by atoms with van der Waals surface area (Å²) in [4.78, 5) is 33.7. The van der Waals surface area contributed by atoms with Crippen LogP contribution in [-0.2, 0) is 9.59 Å². The van der Waals surface area contributed by atoms with Crippen LogP contribution in [0.2, 0.25) is 0 Å². The molecule has 1 saturated heterocycles. The summed E-state index contributed by atoms with van der Waals surface area (Å²) in [5.41, 5.74) is -0.734. The Balaban J connectivity index is 1.63. The van der Waals surface area contributed by atoms with E-state index in [1.54, 1.807) is 18.5 Å². The van der Waals surface area contributed by atoms with Crippen molar-refractivity contribution in [2.45, 2.75) is 31.7 Å². The van der Waals surface area contributed by atoms with Crippen molar-refractivity contribution in [1.82, 2.24) is 15.3 Å². The van der Waals surface area contributed by atoms with E-state index in [1.165, 1.54) is 0 Å². The molecule has 2 fully saturated rings. The summed E-state index contributed by atoms with van der Waals surface area (Å²) in [7, 11) is 0. The second kappa shape index (κ2) is 5.31. The molecule has 0 radical (unpaired) electrons. The van der Waals surface area contributed by atoms with Gasteiger partial charge in [-0.2, -0.15) is 0 Å². The topological polar surface area (TPSA) is 95.4 Å². The minimum Gasteiger partial charge on any atom is -0.481 e. The second-order valence-corrected chi connectivity index (χ2v) is 5.70. The molecule has 1 aromatic heterocycles. The fourth-order valence-electron chi connectivity index (χ4n) is 2.71. The standard InChI is InChI=1S/C14H18N4O3/c19-11(17-9-14(4-5-14)12(20)21)10-3-1-8-18(10)13-15-6-2-7-16-13/h2,6-7,10H,1,3-5,8-9H2,(H,17,19)(H,20,21). The summed E-state index contributed by atoms with van der Waals surface area (Å²) in [5.74, 6) is -0.403. The molecule has 2 heterocycles. The van der Waals surface area contributed by atoms with Gasteiger partial charge in [0, 0.05) is 25.5 Å². The van der Waals surface area contributed by atoms with Crippen LogP contribution in [0.5, 0.6) is 0 Å². The van der Waals surface area contributed by atoms with Crippen molar-refractivity contribution in [2.75, 3.05) is 18.0 Å². The number of nitrogens with one attached hydrogen (secondary N) is 1. The van der Waals surface area contributed by atoms with E-state index < -0.39 is 11.4 Å².